The first-order valence-corrected chi connectivity index (χ1v) is 10.6. The normalized spacial score (nSPS) is 18.2. The van der Waals surface area contributed by atoms with Crippen LogP contribution in [0.3, 0.4) is 0 Å². The van der Waals surface area contributed by atoms with E-state index < -0.39 is 15.9 Å². The summed E-state index contributed by atoms with van der Waals surface area (Å²) in [5.41, 5.74) is 1.14. The summed E-state index contributed by atoms with van der Waals surface area (Å²) in [6, 6.07) is 12.2. The van der Waals surface area contributed by atoms with Gasteiger partial charge in [-0.3, -0.25) is 4.79 Å². The van der Waals surface area contributed by atoms with E-state index in [2.05, 4.69) is 5.32 Å². The lowest BCUT2D eigenvalue weighted by atomic mass is 9.99. The second-order valence-electron chi connectivity index (χ2n) is 6.58. The van der Waals surface area contributed by atoms with E-state index in [1.807, 2.05) is 0 Å². The second-order valence-corrected chi connectivity index (χ2v) is 8.98. The van der Waals surface area contributed by atoms with Crippen LogP contribution in [0.2, 0.25) is 5.02 Å². The molecular weight excluding hydrogens is 391 g/mol. The zero-order valence-corrected chi connectivity index (χ0v) is 16.1. The summed E-state index contributed by atoms with van der Waals surface area (Å²) < 4.78 is 39.8. The van der Waals surface area contributed by atoms with Gasteiger partial charge >= 0.3 is 0 Å². The Hall–Kier alpha value is -1.96. The van der Waals surface area contributed by atoms with Crippen LogP contribution >= 0.6 is 11.6 Å². The van der Waals surface area contributed by atoms with E-state index >= 15 is 0 Å². The van der Waals surface area contributed by atoms with Crippen molar-refractivity contribution in [3.05, 3.63) is 64.9 Å². The van der Waals surface area contributed by atoms with Crippen molar-refractivity contribution in [1.82, 2.24) is 4.31 Å². The fourth-order valence-corrected chi connectivity index (χ4v) is 4.81. The highest BCUT2D eigenvalue weighted by Gasteiger charge is 2.32. The first-order valence-electron chi connectivity index (χ1n) is 8.62. The number of hydrogen-bond donors (Lipinski definition) is 1. The van der Waals surface area contributed by atoms with Gasteiger partial charge in [0.05, 0.1) is 11.7 Å². The summed E-state index contributed by atoms with van der Waals surface area (Å²) >= 11 is 5.84. The van der Waals surface area contributed by atoms with Crippen LogP contribution in [-0.2, 0) is 20.6 Å². The Labute approximate surface area is 163 Å². The molecule has 1 aliphatic rings. The minimum Gasteiger partial charge on any atom is -0.326 e. The van der Waals surface area contributed by atoms with Gasteiger partial charge in [0.15, 0.2) is 0 Å². The maximum atomic E-state index is 13.0. The van der Waals surface area contributed by atoms with Gasteiger partial charge in [-0.25, -0.2) is 17.1 Å². The van der Waals surface area contributed by atoms with Crippen molar-refractivity contribution in [2.75, 3.05) is 18.4 Å². The summed E-state index contributed by atoms with van der Waals surface area (Å²) in [6.45, 7) is 0.541. The molecule has 2 aromatic rings. The molecule has 0 saturated carbocycles. The topological polar surface area (TPSA) is 66.5 Å². The summed E-state index contributed by atoms with van der Waals surface area (Å²) in [6.07, 6.45) is 1.22. The van der Waals surface area contributed by atoms with Gasteiger partial charge in [-0.15, -0.1) is 0 Å². The number of halogens is 2. The third-order valence-corrected chi connectivity index (χ3v) is 6.59. The highest BCUT2D eigenvalue weighted by Crippen LogP contribution is 2.23. The number of amides is 1. The highest BCUT2D eigenvalue weighted by atomic mass is 35.5. The molecule has 2 aromatic carbocycles. The monoisotopic (exact) mass is 410 g/mol. The van der Waals surface area contributed by atoms with Gasteiger partial charge in [0.25, 0.3) is 0 Å². The first-order chi connectivity index (χ1) is 12.8. The van der Waals surface area contributed by atoms with Gasteiger partial charge in [-0.05, 0) is 54.8 Å². The molecule has 1 aliphatic heterocycles. The Morgan fingerprint density at radius 2 is 1.81 bits per heavy atom. The fourth-order valence-electron chi connectivity index (χ4n) is 3.07. The molecular formula is C19H20ClFN2O3S. The number of nitrogens with zero attached hydrogens (tertiary/aromatic N) is 1. The molecule has 5 nitrogen and oxygen atoms in total. The van der Waals surface area contributed by atoms with E-state index in [4.69, 9.17) is 11.6 Å². The number of carbonyl (C=O) groups is 1. The van der Waals surface area contributed by atoms with E-state index in [9.17, 15) is 17.6 Å². The predicted molar refractivity (Wildman–Crippen MR) is 103 cm³/mol. The number of nitrogens with one attached hydrogen (secondary N) is 1. The Morgan fingerprint density at radius 1 is 1.15 bits per heavy atom. The summed E-state index contributed by atoms with van der Waals surface area (Å²) in [4.78, 5) is 12.5. The molecule has 0 bridgehead atoms. The second kappa shape index (κ2) is 8.37. The molecule has 0 aromatic heterocycles. The average Bonchev–Trinajstić information content (AvgIpc) is 2.65. The summed E-state index contributed by atoms with van der Waals surface area (Å²) in [5, 5.41) is 3.27. The van der Waals surface area contributed by atoms with Crippen molar-refractivity contribution < 1.29 is 17.6 Å². The Morgan fingerprint density at radius 3 is 2.48 bits per heavy atom. The van der Waals surface area contributed by atoms with Crippen LogP contribution in [0.5, 0.6) is 0 Å². The van der Waals surface area contributed by atoms with E-state index in [0.29, 0.717) is 35.7 Å². The SMILES string of the molecule is O=C(Nc1ccc(F)cc1)C1CCCN(S(=O)(=O)Cc2ccc(Cl)cc2)C1. The van der Waals surface area contributed by atoms with Crippen molar-refractivity contribution in [2.24, 2.45) is 5.92 Å². The number of carbonyl (C=O) groups excluding carboxylic acids is 1. The largest absolute Gasteiger partial charge is 0.326 e. The number of piperidine rings is 1. The lowest BCUT2D eigenvalue weighted by Gasteiger charge is -2.31. The first kappa shape index (κ1) is 19.8. The van der Waals surface area contributed by atoms with Gasteiger partial charge in [0, 0.05) is 23.8 Å². The summed E-state index contributed by atoms with van der Waals surface area (Å²) in [7, 11) is -3.53. The maximum Gasteiger partial charge on any atom is 0.228 e. The van der Waals surface area contributed by atoms with Gasteiger partial charge in [-0.1, -0.05) is 23.7 Å². The van der Waals surface area contributed by atoms with E-state index in [-0.39, 0.29) is 24.0 Å². The Balaban J connectivity index is 1.64. The van der Waals surface area contributed by atoms with Crippen LogP contribution in [0.1, 0.15) is 18.4 Å². The van der Waals surface area contributed by atoms with Crippen LogP contribution in [0.4, 0.5) is 10.1 Å². The van der Waals surface area contributed by atoms with Gasteiger partial charge in [0.2, 0.25) is 15.9 Å². The number of rotatable bonds is 5. The standard InChI is InChI=1S/C19H20ClFN2O3S/c20-16-5-3-14(4-6-16)13-27(25,26)23-11-1-2-15(12-23)19(24)22-18-9-7-17(21)8-10-18/h3-10,15H,1-2,11-13H2,(H,22,24). The van der Waals surface area contributed by atoms with E-state index in [0.717, 1.165) is 0 Å². The van der Waals surface area contributed by atoms with Crippen LogP contribution in [0.25, 0.3) is 0 Å². The zero-order chi connectivity index (χ0) is 19.4. The lowest BCUT2D eigenvalue weighted by molar-refractivity contribution is -0.120. The molecule has 1 atom stereocenters. The van der Waals surface area contributed by atoms with Crippen molar-refractivity contribution in [3.8, 4) is 0 Å². The van der Waals surface area contributed by atoms with Crippen molar-refractivity contribution >= 4 is 33.2 Å². The zero-order valence-electron chi connectivity index (χ0n) is 14.6. The molecule has 1 amide bonds. The van der Waals surface area contributed by atoms with Crippen molar-refractivity contribution in [1.29, 1.82) is 0 Å². The van der Waals surface area contributed by atoms with E-state index in [1.165, 1.54) is 28.6 Å². The quantitative estimate of drug-likeness (QED) is 0.818. The molecule has 8 heteroatoms. The molecule has 1 unspecified atom stereocenters. The van der Waals surface area contributed by atoms with Crippen molar-refractivity contribution in [3.63, 3.8) is 0 Å². The summed E-state index contributed by atoms with van der Waals surface area (Å²) in [5.74, 6) is -1.21. The number of anilines is 1. The molecule has 3 rings (SSSR count). The molecule has 144 valence electrons. The third-order valence-electron chi connectivity index (χ3n) is 4.52. The minimum atomic E-state index is -3.53. The molecule has 1 heterocycles. The Kier molecular flexibility index (Phi) is 6.14. The number of benzene rings is 2. The average molecular weight is 411 g/mol. The van der Waals surface area contributed by atoms with Gasteiger partial charge < -0.3 is 5.32 Å². The molecule has 1 fully saturated rings. The molecule has 27 heavy (non-hydrogen) atoms. The minimum absolute atomic E-state index is 0.129. The van der Waals surface area contributed by atoms with Gasteiger partial charge in [-0.2, -0.15) is 0 Å². The molecule has 0 aliphatic carbocycles. The maximum absolute atomic E-state index is 13.0. The smallest absolute Gasteiger partial charge is 0.228 e. The predicted octanol–water partition coefficient (Wildman–Crippen LogP) is 3.66. The van der Waals surface area contributed by atoms with Crippen LogP contribution in [-0.4, -0.2) is 31.7 Å². The molecule has 0 spiro atoms. The van der Waals surface area contributed by atoms with Crippen molar-refractivity contribution in [2.45, 2.75) is 18.6 Å². The van der Waals surface area contributed by atoms with E-state index in [1.54, 1.807) is 24.3 Å². The van der Waals surface area contributed by atoms with Crippen LogP contribution in [0.15, 0.2) is 48.5 Å². The van der Waals surface area contributed by atoms with Gasteiger partial charge in [0.1, 0.15) is 5.82 Å². The Bertz CT molecular complexity index is 902. The fraction of sp³-hybridized carbons (Fsp3) is 0.316. The molecule has 0 radical (unpaired) electrons. The molecule has 1 N–H and O–H groups in total. The third kappa shape index (κ3) is 5.28. The van der Waals surface area contributed by atoms with Crippen LogP contribution < -0.4 is 5.32 Å². The lowest BCUT2D eigenvalue weighted by Crippen LogP contribution is -2.44. The number of sulfonamides is 1. The highest BCUT2D eigenvalue weighted by molar-refractivity contribution is 7.88. The molecule has 1 saturated heterocycles. The van der Waals surface area contributed by atoms with Crippen LogP contribution in [0, 0.1) is 11.7 Å². The number of hydrogen-bond acceptors (Lipinski definition) is 3.